The molecular weight excluding hydrogens is 238 g/mol. The zero-order chi connectivity index (χ0) is 13.7. The molecule has 1 aliphatic rings. The minimum Gasteiger partial charge on any atom is -0.497 e. The maximum absolute atomic E-state index is 5.30. The van der Waals surface area contributed by atoms with Crippen LogP contribution in [0, 0.1) is 12.8 Å². The highest BCUT2D eigenvalue weighted by atomic mass is 16.5. The van der Waals surface area contributed by atoms with Crippen molar-refractivity contribution in [1.29, 1.82) is 0 Å². The van der Waals surface area contributed by atoms with Gasteiger partial charge in [0.15, 0.2) is 0 Å². The van der Waals surface area contributed by atoms with Gasteiger partial charge in [-0.05, 0) is 45.8 Å². The Bertz CT molecular complexity index is 402. The third-order valence-corrected chi connectivity index (χ3v) is 3.62. The second kappa shape index (κ2) is 6.87. The summed E-state index contributed by atoms with van der Waals surface area (Å²) in [5.74, 6) is 1.67. The number of methoxy groups -OCH3 is 1. The molecule has 4 nitrogen and oxygen atoms in total. The van der Waals surface area contributed by atoms with Gasteiger partial charge in [-0.1, -0.05) is 0 Å². The van der Waals surface area contributed by atoms with Gasteiger partial charge in [0.2, 0.25) is 0 Å². The Morgan fingerprint density at radius 3 is 3.00 bits per heavy atom. The van der Waals surface area contributed by atoms with E-state index in [1.807, 2.05) is 19.1 Å². The van der Waals surface area contributed by atoms with Crippen molar-refractivity contribution in [3.63, 3.8) is 0 Å². The molecule has 0 spiro atoms. The monoisotopic (exact) mass is 263 g/mol. The van der Waals surface area contributed by atoms with Crippen LogP contribution in [0.1, 0.15) is 24.2 Å². The van der Waals surface area contributed by atoms with E-state index < -0.39 is 0 Å². The first-order chi connectivity index (χ1) is 9.17. The molecule has 1 aliphatic heterocycles. The SMILES string of the molecule is COc1cc(C)nc(CN(C)CC2CCCNC2)c1. The lowest BCUT2D eigenvalue weighted by Crippen LogP contribution is -2.36. The predicted molar refractivity (Wildman–Crippen MR) is 77.5 cm³/mol. The van der Waals surface area contributed by atoms with Crippen molar-refractivity contribution in [1.82, 2.24) is 15.2 Å². The van der Waals surface area contributed by atoms with Crippen LogP contribution in [0.3, 0.4) is 0 Å². The molecule has 0 bridgehead atoms. The van der Waals surface area contributed by atoms with Gasteiger partial charge < -0.3 is 15.0 Å². The van der Waals surface area contributed by atoms with E-state index in [4.69, 9.17) is 4.74 Å². The summed E-state index contributed by atoms with van der Waals surface area (Å²) in [5, 5.41) is 3.47. The van der Waals surface area contributed by atoms with E-state index in [0.29, 0.717) is 0 Å². The molecule has 0 amide bonds. The third-order valence-electron chi connectivity index (χ3n) is 3.62. The highest BCUT2D eigenvalue weighted by Gasteiger charge is 2.15. The molecule has 106 valence electrons. The number of rotatable bonds is 5. The van der Waals surface area contributed by atoms with Gasteiger partial charge in [0, 0.05) is 30.9 Å². The molecule has 0 radical (unpaired) electrons. The fourth-order valence-electron chi connectivity index (χ4n) is 2.76. The van der Waals surface area contributed by atoms with E-state index in [2.05, 4.69) is 22.2 Å². The summed E-state index contributed by atoms with van der Waals surface area (Å²) >= 11 is 0. The smallest absolute Gasteiger partial charge is 0.122 e. The molecule has 1 atom stereocenters. The summed E-state index contributed by atoms with van der Waals surface area (Å²) in [5.41, 5.74) is 2.10. The summed E-state index contributed by atoms with van der Waals surface area (Å²) < 4.78 is 5.30. The zero-order valence-corrected chi connectivity index (χ0v) is 12.3. The van der Waals surface area contributed by atoms with Crippen molar-refractivity contribution in [2.24, 2.45) is 5.92 Å². The third kappa shape index (κ3) is 4.48. The standard InChI is InChI=1S/C15H25N3O/c1-12-7-15(19-3)8-14(17-12)11-18(2)10-13-5-4-6-16-9-13/h7-8,13,16H,4-6,9-11H2,1-3H3. The van der Waals surface area contributed by atoms with Crippen molar-refractivity contribution in [3.05, 3.63) is 23.5 Å². The number of pyridine rings is 1. The van der Waals surface area contributed by atoms with Crippen LogP contribution in [0.4, 0.5) is 0 Å². The molecule has 0 saturated carbocycles. The number of ether oxygens (including phenoxy) is 1. The van der Waals surface area contributed by atoms with Crippen LogP contribution >= 0.6 is 0 Å². The zero-order valence-electron chi connectivity index (χ0n) is 12.3. The van der Waals surface area contributed by atoms with E-state index in [1.165, 1.54) is 19.4 Å². The summed E-state index contributed by atoms with van der Waals surface area (Å²) in [6.07, 6.45) is 2.64. The van der Waals surface area contributed by atoms with Crippen molar-refractivity contribution in [2.45, 2.75) is 26.3 Å². The summed E-state index contributed by atoms with van der Waals surface area (Å²) in [6.45, 7) is 6.35. The maximum atomic E-state index is 5.30. The van der Waals surface area contributed by atoms with Gasteiger partial charge in [-0.25, -0.2) is 0 Å². The molecule has 4 heteroatoms. The topological polar surface area (TPSA) is 37.4 Å². The molecular formula is C15H25N3O. The molecule has 19 heavy (non-hydrogen) atoms. The quantitative estimate of drug-likeness (QED) is 0.879. The number of hydrogen-bond acceptors (Lipinski definition) is 4. The molecule has 0 aromatic carbocycles. The molecule has 2 rings (SSSR count). The lowest BCUT2D eigenvalue weighted by molar-refractivity contribution is 0.235. The van der Waals surface area contributed by atoms with Gasteiger partial charge in [-0.15, -0.1) is 0 Å². The average Bonchev–Trinajstić information content (AvgIpc) is 2.38. The van der Waals surface area contributed by atoms with Crippen molar-refractivity contribution >= 4 is 0 Å². The first-order valence-electron chi connectivity index (χ1n) is 7.08. The summed E-state index contributed by atoms with van der Waals surface area (Å²) in [6, 6.07) is 4.00. The highest BCUT2D eigenvalue weighted by Crippen LogP contribution is 2.16. The van der Waals surface area contributed by atoms with E-state index >= 15 is 0 Å². The van der Waals surface area contributed by atoms with Crippen LogP contribution in [-0.4, -0.2) is 43.7 Å². The highest BCUT2D eigenvalue weighted by molar-refractivity contribution is 5.26. The Labute approximate surface area is 116 Å². The number of piperidine rings is 1. The summed E-state index contributed by atoms with van der Waals surface area (Å²) in [4.78, 5) is 6.94. The van der Waals surface area contributed by atoms with Gasteiger partial charge in [0.1, 0.15) is 5.75 Å². The van der Waals surface area contributed by atoms with Crippen LogP contribution in [0.2, 0.25) is 0 Å². The van der Waals surface area contributed by atoms with Crippen LogP contribution in [0.25, 0.3) is 0 Å². The molecule has 1 N–H and O–H groups in total. The molecule has 2 heterocycles. The van der Waals surface area contributed by atoms with Gasteiger partial charge in [-0.3, -0.25) is 4.98 Å². The van der Waals surface area contributed by atoms with Gasteiger partial charge >= 0.3 is 0 Å². The number of nitrogens with one attached hydrogen (secondary N) is 1. The average molecular weight is 263 g/mol. The van der Waals surface area contributed by atoms with E-state index in [1.54, 1.807) is 7.11 Å². The van der Waals surface area contributed by atoms with Crippen molar-refractivity contribution < 1.29 is 4.74 Å². The van der Waals surface area contributed by atoms with Crippen molar-refractivity contribution in [2.75, 3.05) is 33.8 Å². The minimum absolute atomic E-state index is 0.769. The molecule has 1 fully saturated rings. The van der Waals surface area contributed by atoms with Crippen LogP contribution in [0.15, 0.2) is 12.1 Å². The van der Waals surface area contributed by atoms with Gasteiger partial charge in [0.05, 0.1) is 12.8 Å². The first-order valence-corrected chi connectivity index (χ1v) is 7.08. The molecule has 0 aliphatic carbocycles. The normalized spacial score (nSPS) is 19.7. The number of aromatic nitrogens is 1. The lowest BCUT2D eigenvalue weighted by Gasteiger charge is -2.27. The molecule has 1 aromatic rings. The van der Waals surface area contributed by atoms with E-state index in [9.17, 15) is 0 Å². The Hall–Kier alpha value is -1.13. The number of hydrogen-bond donors (Lipinski definition) is 1. The second-order valence-corrected chi connectivity index (χ2v) is 5.55. The second-order valence-electron chi connectivity index (χ2n) is 5.55. The Kier molecular flexibility index (Phi) is 5.16. The number of nitrogens with zero attached hydrogens (tertiary/aromatic N) is 2. The number of aryl methyl sites for hydroxylation is 1. The predicted octanol–water partition coefficient (Wildman–Crippen LogP) is 1.83. The fraction of sp³-hybridized carbons (Fsp3) is 0.667. The summed E-state index contributed by atoms with van der Waals surface area (Å²) in [7, 11) is 3.88. The van der Waals surface area contributed by atoms with E-state index in [0.717, 1.165) is 42.7 Å². The minimum atomic E-state index is 0.769. The Morgan fingerprint density at radius 2 is 2.32 bits per heavy atom. The van der Waals surface area contributed by atoms with E-state index in [-0.39, 0.29) is 0 Å². The lowest BCUT2D eigenvalue weighted by atomic mass is 9.99. The van der Waals surface area contributed by atoms with Crippen LogP contribution in [-0.2, 0) is 6.54 Å². The molecule has 1 aromatic heterocycles. The maximum Gasteiger partial charge on any atom is 0.122 e. The van der Waals surface area contributed by atoms with Gasteiger partial charge in [-0.2, -0.15) is 0 Å². The molecule has 1 saturated heterocycles. The fourth-order valence-corrected chi connectivity index (χ4v) is 2.76. The molecule has 1 unspecified atom stereocenters. The Morgan fingerprint density at radius 1 is 1.47 bits per heavy atom. The van der Waals surface area contributed by atoms with Gasteiger partial charge in [0.25, 0.3) is 0 Å². The first kappa shape index (κ1) is 14.3. The van der Waals surface area contributed by atoms with Crippen LogP contribution in [0.5, 0.6) is 5.75 Å². The largest absolute Gasteiger partial charge is 0.497 e. The van der Waals surface area contributed by atoms with Crippen molar-refractivity contribution in [3.8, 4) is 5.75 Å². The van der Waals surface area contributed by atoms with Crippen LogP contribution < -0.4 is 10.1 Å². The Balaban J connectivity index is 1.90.